The van der Waals surface area contributed by atoms with Crippen molar-refractivity contribution in [2.75, 3.05) is 5.32 Å². The number of aliphatic hydroxyl groups is 1. The van der Waals surface area contributed by atoms with Gasteiger partial charge in [-0.15, -0.1) is 0 Å². The molecule has 1 rings (SSSR count). The minimum Gasteiger partial charge on any atom is -0.391 e. The number of nitrogens with zero attached hydrogens (tertiary/aromatic N) is 2. The van der Waals surface area contributed by atoms with Crippen LogP contribution in [-0.4, -0.2) is 26.7 Å². The molecule has 0 saturated carbocycles. The topological polar surface area (TPSA) is 58.0 Å². The Morgan fingerprint density at radius 2 is 2.00 bits per heavy atom. The van der Waals surface area contributed by atoms with Gasteiger partial charge in [-0.25, -0.2) is 4.98 Å². The van der Waals surface area contributed by atoms with Gasteiger partial charge in [0.05, 0.1) is 23.0 Å². The molecule has 1 unspecified atom stereocenters. The van der Waals surface area contributed by atoms with Crippen LogP contribution in [0.15, 0.2) is 6.20 Å². The van der Waals surface area contributed by atoms with Crippen molar-refractivity contribution in [3.63, 3.8) is 0 Å². The predicted octanol–water partition coefficient (Wildman–Crippen LogP) is 1.66. The summed E-state index contributed by atoms with van der Waals surface area (Å²) >= 11 is 0. The number of hydrogen-bond donors (Lipinski definition) is 2. The summed E-state index contributed by atoms with van der Waals surface area (Å²) in [4.78, 5) is 8.57. The van der Waals surface area contributed by atoms with Crippen molar-refractivity contribution in [1.29, 1.82) is 0 Å². The number of aryl methyl sites for hydroxylation is 2. The summed E-state index contributed by atoms with van der Waals surface area (Å²) in [7, 11) is 0. The van der Waals surface area contributed by atoms with E-state index in [1.807, 2.05) is 27.7 Å². The summed E-state index contributed by atoms with van der Waals surface area (Å²) in [5.74, 6) is 0.737. The molecule has 1 aromatic rings. The van der Waals surface area contributed by atoms with Gasteiger partial charge in [0.15, 0.2) is 0 Å². The molecule has 0 spiro atoms. The maximum absolute atomic E-state index is 9.59. The van der Waals surface area contributed by atoms with Crippen LogP contribution in [0.2, 0.25) is 0 Å². The highest BCUT2D eigenvalue weighted by atomic mass is 16.3. The number of hydrogen-bond acceptors (Lipinski definition) is 4. The molecule has 0 amide bonds. The van der Waals surface area contributed by atoms with E-state index in [1.54, 1.807) is 13.1 Å². The summed E-state index contributed by atoms with van der Waals surface area (Å²) in [6.45, 7) is 9.41. The molecule has 0 saturated heterocycles. The van der Waals surface area contributed by atoms with E-state index in [0.29, 0.717) is 0 Å². The predicted molar refractivity (Wildman–Crippen MR) is 60.9 cm³/mol. The largest absolute Gasteiger partial charge is 0.391 e. The smallest absolute Gasteiger partial charge is 0.148 e. The second kappa shape index (κ2) is 4.14. The molecule has 0 radical (unpaired) electrons. The maximum Gasteiger partial charge on any atom is 0.148 e. The van der Waals surface area contributed by atoms with Crippen molar-refractivity contribution in [1.82, 2.24) is 9.97 Å². The Morgan fingerprint density at radius 1 is 1.40 bits per heavy atom. The third-order valence-corrected chi connectivity index (χ3v) is 2.56. The number of anilines is 1. The first-order valence-electron chi connectivity index (χ1n) is 5.09. The van der Waals surface area contributed by atoms with E-state index in [-0.39, 0.29) is 0 Å². The lowest BCUT2D eigenvalue weighted by Gasteiger charge is -2.30. The molecule has 1 heterocycles. The fraction of sp³-hybridized carbons (Fsp3) is 0.636. The zero-order chi connectivity index (χ0) is 11.6. The van der Waals surface area contributed by atoms with Crippen LogP contribution >= 0.6 is 0 Å². The van der Waals surface area contributed by atoms with E-state index >= 15 is 0 Å². The molecule has 1 atom stereocenters. The normalized spacial score (nSPS) is 13.7. The molecule has 15 heavy (non-hydrogen) atoms. The van der Waals surface area contributed by atoms with Gasteiger partial charge in [0, 0.05) is 6.20 Å². The molecule has 0 aromatic carbocycles. The van der Waals surface area contributed by atoms with Crippen molar-refractivity contribution in [2.45, 2.75) is 46.3 Å². The van der Waals surface area contributed by atoms with Crippen molar-refractivity contribution < 1.29 is 5.11 Å². The molecular weight excluding hydrogens is 190 g/mol. The number of aromatic nitrogens is 2. The molecule has 0 aliphatic carbocycles. The Labute approximate surface area is 90.8 Å². The van der Waals surface area contributed by atoms with E-state index < -0.39 is 11.6 Å². The van der Waals surface area contributed by atoms with Crippen LogP contribution in [-0.2, 0) is 0 Å². The van der Waals surface area contributed by atoms with Crippen LogP contribution in [0.3, 0.4) is 0 Å². The lowest BCUT2D eigenvalue weighted by molar-refractivity contribution is 0.133. The standard InChI is InChI=1S/C11H19N3O/c1-7-6-12-8(2)10(13-7)14-11(4,5)9(3)15/h6,9,15H,1-5H3,(H,13,14). The van der Waals surface area contributed by atoms with Gasteiger partial charge in [0.2, 0.25) is 0 Å². The summed E-state index contributed by atoms with van der Waals surface area (Å²) in [5, 5.41) is 12.8. The lowest BCUT2D eigenvalue weighted by Crippen LogP contribution is -2.42. The highest BCUT2D eigenvalue weighted by molar-refractivity contribution is 5.42. The number of nitrogens with one attached hydrogen (secondary N) is 1. The van der Waals surface area contributed by atoms with E-state index in [1.165, 1.54) is 0 Å². The van der Waals surface area contributed by atoms with Crippen LogP contribution in [0.1, 0.15) is 32.2 Å². The summed E-state index contributed by atoms with van der Waals surface area (Å²) in [5.41, 5.74) is 1.30. The Balaban J connectivity index is 2.94. The SMILES string of the molecule is Cc1cnc(C)c(NC(C)(C)C(C)O)n1. The first kappa shape index (κ1) is 11.9. The van der Waals surface area contributed by atoms with E-state index in [0.717, 1.165) is 17.2 Å². The highest BCUT2D eigenvalue weighted by Gasteiger charge is 2.24. The van der Waals surface area contributed by atoms with Gasteiger partial charge in [-0.05, 0) is 34.6 Å². The van der Waals surface area contributed by atoms with Crippen LogP contribution in [0.25, 0.3) is 0 Å². The Bertz CT molecular complexity index is 348. The third kappa shape index (κ3) is 2.89. The lowest BCUT2D eigenvalue weighted by atomic mass is 9.99. The number of rotatable bonds is 3. The zero-order valence-corrected chi connectivity index (χ0v) is 10.00. The van der Waals surface area contributed by atoms with Crippen molar-refractivity contribution in [2.24, 2.45) is 0 Å². The second-order valence-electron chi connectivity index (χ2n) is 4.47. The monoisotopic (exact) mass is 209 g/mol. The van der Waals surface area contributed by atoms with Crippen LogP contribution in [0.4, 0.5) is 5.82 Å². The van der Waals surface area contributed by atoms with Crippen molar-refractivity contribution >= 4 is 5.82 Å². The average molecular weight is 209 g/mol. The molecule has 0 aliphatic rings. The Morgan fingerprint density at radius 3 is 2.53 bits per heavy atom. The fourth-order valence-electron chi connectivity index (χ4n) is 1.07. The van der Waals surface area contributed by atoms with Crippen LogP contribution < -0.4 is 5.32 Å². The van der Waals surface area contributed by atoms with Gasteiger partial charge in [0.25, 0.3) is 0 Å². The first-order valence-corrected chi connectivity index (χ1v) is 5.09. The first-order chi connectivity index (χ1) is 6.83. The zero-order valence-electron chi connectivity index (χ0n) is 10.00. The molecule has 1 aromatic heterocycles. The van der Waals surface area contributed by atoms with Gasteiger partial charge in [-0.3, -0.25) is 4.98 Å². The molecule has 0 fully saturated rings. The third-order valence-electron chi connectivity index (χ3n) is 2.56. The van der Waals surface area contributed by atoms with Gasteiger partial charge in [-0.1, -0.05) is 0 Å². The molecule has 0 bridgehead atoms. The molecule has 0 aliphatic heterocycles. The Hall–Kier alpha value is -1.16. The minimum atomic E-state index is -0.459. The summed E-state index contributed by atoms with van der Waals surface area (Å²) in [6.07, 6.45) is 1.27. The Kier molecular flexibility index (Phi) is 3.29. The highest BCUT2D eigenvalue weighted by Crippen LogP contribution is 2.18. The minimum absolute atomic E-state index is 0.409. The van der Waals surface area contributed by atoms with Gasteiger partial charge >= 0.3 is 0 Å². The average Bonchev–Trinajstić information content (AvgIpc) is 2.10. The number of aliphatic hydroxyl groups excluding tert-OH is 1. The van der Waals surface area contributed by atoms with Gasteiger partial charge in [0.1, 0.15) is 5.82 Å². The second-order valence-corrected chi connectivity index (χ2v) is 4.47. The van der Waals surface area contributed by atoms with Crippen LogP contribution in [0.5, 0.6) is 0 Å². The maximum atomic E-state index is 9.59. The molecule has 2 N–H and O–H groups in total. The summed E-state index contributed by atoms with van der Waals surface area (Å²) in [6, 6.07) is 0. The van der Waals surface area contributed by atoms with E-state index in [4.69, 9.17) is 0 Å². The van der Waals surface area contributed by atoms with Gasteiger partial charge < -0.3 is 10.4 Å². The molecule has 4 nitrogen and oxygen atoms in total. The van der Waals surface area contributed by atoms with E-state index in [2.05, 4.69) is 15.3 Å². The van der Waals surface area contributed by atoms with Crippen molar-refractivity contribution in [3.05, 3.63) is 17.6 Å². The van der Waals surface area contributed by atoms with Crippen LogP contribution in [0, 0.1) is 13.8 Å². The molecule has 4 heteroatoms. The fourth-order valence-corrected chi connectivity index (χ4v) is 1.07. The summed E-state index contributed by atoms with van der Waals surface area (Å²) < 4.78 is 0. The van der Waals surface area contributed by atoms with E-state index in [9.17, 15) is 5.11 Å². The van der Waals surface area contributed by atoms with Crippen molar-refractivity contribution in [3.8, 4) is 0 Å². The molecular formula is C11H19N3O. The molecule has 84 valence electrons. The quantitative estimate of drug-likeness (QED) is 0.795. The van der Waals surface area contributed by atoms with Gasteiger partial charge in [-0.2, -0.15) is 0 Å².